The quantitative estimate of drug-likeness (QED) is 0.482. The van der Waals surface area contributed by atoms with Crippen LogP contribution in [0.2, 0.25) is 0 Å². The molecule has 2 atom stereocenters. The summed E-state index contributed by atoms with van der Waals surface area (Å²) < 4.78 is 38.3. The Kier molecular flexibility index (Phi) is 7.20. The van der Waals surface area contributed by atoms with Crippen molar-refractivity contribution < 1.29 is 18.3 Å². The molecule has 2 aliphatic rings. The molecule has 0 amide bonds. The minimum Gasteiger partial charge on any atom is -0.491 e. The lowest BCUT2D eigenvalue weighted by molar-refractivity contribution is 0.157. The molecule has 1 aromatic carbocycles. The third kappa shape index (κ3) is 5.44. The summed E-state index contributed by atoms with van der Waals surface area (Å²) in [5, 5.41) is 3.44. The van der Waals surface area contributed by atoms with Crippen LogP contribution in [0.1, 0.15) is 29.9 Å². The maximum absolute atomic E-state index is 13.7. The van der Waals surface area contributed by atoms with Crippen LogP contribution in [-0.2, 0) is 0 Å². The third-order valence-corrected chi connectivity index (χ3v) is 6.78. The number of pyridine rings is 2. The molecule has 0 saturated carbocycles. The van der Waals surface area contributed by atoms with Crippen LogP contribution in [-0.4, -0.2) is 61.3 Å². The second kappa shape index (κ2) is 10.7. The number of fused-ring (bicyclic) bond motifs is 3. The van der Waals surface area contributed by atoms with Gasteiger partial charge in [-0.25, -0.2) is 13.8 Å². The molecule has 2 aromatic heterocycles. The Bertz CT molecular complexity index is 1220. The number of piperidine rings is 1. The summed E-state index contributed by atoms with van der Waals surface area (Å²) in [5.74, 6) is 1.33. The van der Waals surface area contributed by atoms with E-state index in [0.29, 0.717) is 24.9 Å². The highest BCUT2D eigenvalue weighted by Gasteiger charge is 2.31. The molecule has 1 unspecified atom stereocenters. The fourth-order valence-corrected chi connectivity index (χ4v) is 5.09. The first kappa shape index (κ1) is 23.6. The highest BCUT2D eigenvalue weighted by Crippen LogP contribution is 2.39. The Morgan fingerprint density at radius 2 is 2.17 bits per heavy atom. The van der Waals surface area contributed by atoms with Gasteiger partial charge in [0.25, 0.3) is 0 Å². The van der Waals surface area contributed by atoms with Crippen LogP contribution >= 0.6 is 0 Å². The number of aromatic nitrogens is 2. The van der Waals surface area contributed by atoms with E-state index in [0.717, 1.165) is 67.1 Å². The summed E-state index contributed by atoms with van der Waals surface area (Å²) in [7, 11) is 1.62. The Hall–Kier alpha value is -3.10. The highest BCUT2D eigenvalue weighted by atomic mass is 19.1. The lowest BCUT2D eigenvalue weighted by atomic mass is 9.94. The summed E-state index contributed by atoms with van der Waals surface area (Å²) in [5.41, 5.74) is 3.11. The topological polar surface area (TPSA) is 59.5 Å². The van der Waals surface area contributed by atoms with Crippen molar-refractivity contribution in [1.82, 2.24) is 20.2 Å². The van der Waals surface area contributed by atoms with E-state index >= 15 is 0 Å². The number of hydrogen-bond donors (Lipinski definition) is 1. The van der Waals surface area contributed by atoms with Gasteiger partial charge in [0, 0.05) is 42.7 Å². The third-order valence-electron chi connectivity index (χ3n) is 6.78. The van der Waals surface area contributed by atoms with Crippen LogP contribution in [0.25, 0.3) is 17.1 Å². The van der Waals surface area contributed by atoms with Crippen molar-refractivity contribution in [3.8, 4) is 11.6 Å². The molecule has 35 heavy (non-hydrogen) atoms. The number of ether oxygens (including phenoxy) is 2. The highest BCUT2D eigenvalue weighted by molar-refractivity contribution is 5.81. The molecule has 8 heteroatoms. The van der Waals surface area contributed by atoms with E-state index < -0.39 is 11.6 Å². The van der Waals surface area contributed by atoms with Crippen molar-refractivity contribution in [2.75, 3.05) is 46.4 Å². The van der Waals surface area contributed by atoms with Crippen molar-refractivity contribution in [3.05, 3.63) is 65.4 Å². The lowest BCUT2D eigenvalue weighted by Gasteiger charge is -2.34. The van der Waals surface area contributed by atoms with E-state index in [1.165, 1.54) is 12.5 Å². The van der Waals surface area contributed by atoms with Crippen LogP contribution in [0, 0.1) is 17.6 Å². The zero-order valence-electron chi connectivity index (χ0n) is 19.8. The largest absolute Gasteiger partial charge is 0.491 e. The lowest BCUT2D eigenvalue weighted by Crippen LogP contribution is -2.41. The summed E-state index contributed by atoms with van der Waals surface area (Å²) in [6.45, 7) is 5.14. The monoisotopic (exact) mass is 480 g/mol. The van der Waals surface area contributed by atoms with Crippen LogP contribution in [0.4, 0.5) is 8.78 Å². The number of hydrogen-bond acceptors (Lipinski definition) is 6. The van der Waals surface area contributed by atoms with Gasteiger partial charge in [-0.1, -0.05) is 12.2 Å². The molecule has 4 heterocycles. The summed E-state index contributed by atoms with van der Waals surface area (Å²) in [4.78, 5) is 11.7. The molecule has 3 aromatic rings. The number of nitrogens with zero attached hydrogens (tertiary/aromatic N) is 3. The second-order valence-corrected chi connectivity index (χ2v) is 9.26. The smallest absolute Gasteiger partial charge is 0.213 e. The average molecular weight is 481 g/mol. The summed E-state index contributed by atoms with van der Waals surface area (Å²) in [6, 6.07) is 7.26. The normalized spacial score (nSPS) is 20.3. The Morgan fingerprint density at radius 3 is 3.06 bits per heavy atom. The van der Waals surface area contributed by atoms with Gasteiger partial charge in [-0.2, -0.15) is 0 Å². The number of rotatable bonds is 8. The molecule has 5 rings (SSSR count). The molecule has 2 aliphatic heterocycles. The van der Waals surface area contributed by atoms with Gasteiger partial charge in [0.15, 0.2) is 0 Å². The first-order chi connectivity index (χ1) is 17.1. The molecular weight excluding hydrogens is 450 g/mol. The first-order valence-corrected chi connectivity index (χ1v) is 12.1. The van der Waals surface area contributed by atoms with Crippen molar-refractivity contribution in [2.45, 2.75) is 18.8 Å². The first-order valence-electron chi connectivity index (χ1n) is 12.1. The fourth-order valence-electron chi connectivity index (χ4n) is 5.09. The molecule has 6 nitrogen and oxygen atoms in total. The standard InChI is InChI=1S/C27H30F2N4O2/c1-34-25-9-8-23-27(32-25)26-20(17-35-24(26)14-31-23)16-33-11-3-4-18(15-33)13-30-10-2-5-19-12-21(28)6-7-22(19)29/h2,5-9,12,14,18,20,30H,3-4,10-11,13,15-17H2,1H3/t18-,20?/m0/s1. The van der Waals surface area contributed by atoms with Gasteiger partial charge >= 0.3 is 0 Å². The predicted octanol–water partition coefficient (Wildman–Crippen LogP) is 4.41. The molecule has 0 aliphatic carbocycles. The SMILES string of the molecule is COc1ccc2ncc3c(c2n1)C(CN1CCC[C@@H](CNCC=Cc2cc(F)ccc2F)C1)CO3. The minimum atomic E-state index is -0.434. The number of nitrogens with one attached hydrogen (secondary N) is 1. The van der Waals surface area contributed by atoms with E-state index in [4.69, 9.17) is 9.47 Å². The van der Waals surface area contributed by atoms with Gasteiger partial charge in [0.1, 0.15) is 22.9 Å². The van der Waals surface area contributed by atoms with E-state index in [2.05, 4.69) is 20.2 Å². The predicted molar refractivity (Wildman–Crippen MR) is 132 cm³/mol. The zero-order valence-corrected chi connectivity index (χ0v) is 19.8. The van der Waals surface area contributed by atoms with E-state index in [1.54, 1.807) is 19.4 Å². The Labute approximate surface area is 204 Å². The van der Waals surface area contributed by atoms with Crippen LogP contribution in [0.5, 0.6) is 11.6 Å². The Morgan fingerprint density at radius 1 is 1.26 bits per heavy atom. The molecule has 1 saturated heterocycles. The van der Waals surface area contributed by atoms with E-state index in [-0.39, 0.29) is 11.5 Å². The molecule has 0 bridgehead atoms. The van der Waals surface area contributed by atoms with Crippen LogP contribution < -0.4 is 14.8 Å². The van der Waals surface area contributed by atoms with Crippen molar-refractivity contribution >= 4 is 17.1 Å². The van der Waals surface area contributed by atoms with Crippen LogP contribution in [0.15, 0.2) is 42.6 Å². The molecular formula is C27H30F2N4O2. The fraction of sp³-hybridized carbons (Fsp3) is 0.407. The van der Waals surface area contributed by atoms with Crippen molar-refractivity contribution in [3.63, 3.8) is 0 Å². The van der Waals surface area contributed by atoms with Gasteiger partial charge in [-0.15, -0.1) is 0 Å². The van der Waals surface area contributed by atoms with Gasteiger partial charge in [-0.3, -0.25) is 4.98 Å². The van der Waals surface area contributed by atoms with Gasteiger partial charge in [0.2, 0.25) is 5.88 Å². The van der Waals surface area contributed by atoms with E-state index in [1.807, 2.05) is 18.2 Å². The number of halogens is 2. The average Bonchev–Trinajstić information content (AvgIpc) is 3.29. The number of likely N-dealkylation sites (tertiary alicyclic amines) is 1. The molecule has 1 N–H and O–H groups in total. The molecule has 184 valence electrons. The molecule has 1 fully saturated rings. The maximum Gasteiger partial charge on any atom is 0.213 e. The van der Waals surface area contributed by atoms with E-state index in [9.17, 15) is 8.78 Å². The second-order valence-electron chi connectivity index (χ2n) is 9.26. The number of benzene rings is 1. The summed E-state index contributed by atoms with van der Waals surface area (Å²) >= 11 is 0. The molecule has 0 spiro atoms. The van der Waals surface area contributed by atoms with Gasteiger partial charge < -0.3 is 19.7 Å². The van der Waals surface area contributed by atoms with Gasteiger partial charge in [-0.05, 0) is 56.1 Å². The number of methoxy groups -OCH3 is 1. The van der Waals surface area contributed by atoms with Gasteiger partial charge in [0.05, 0.1) is 25.4 Å². The van der Waals surface area contributed by atoms with Crippen molar-refractivity contribution in [2.24, 2.45) is 5.92 Å². The maximum atomic E-state index is 13.7. The van der Waals surface area contributed by atoms with Crippen molar-refractivity contribution in [1.29, 1.82) is 0 Å². The minimum absolute atomic E-state index is 0.242. The summed E-state index contributed by atoms with van der Waals surface area (Å²) in [6.07, 6.45) is 7.59. The Balaban J connectivity index is 1.16. The van der Waals surface area contributed by atoms with Crippen LogP contribution in [0.3, 0.4) is 0 Å². The molecule has 0 radical (unpaired) electrons. The zero-order chi connectivity index (χ0) is 24.2.